The summed E-state index contributed by atoms with van der Waals surface area (Å²) in [6, 6.07) is 1.78. The lowest BCUT2D eigenvalue weighted by molar-refractivity contribution is 0.100. The predicted molar refractivity (Wildman–Crippen MR) is 71.3 cm³/mol. The van der Waals surface area contributed by atoms with Crippen LogP contribution in [0.25, 0.3) is 0 Å². The Kier molecular flexibility index (Phi) is 3.54. The molecule has 1 fully saturated rings. The maximum Gasteiger partial charge on any atom is 0.260 e. The van der Waals surface area contributed by atoms with Crippen LogP contribution in [0.3, 0.4) is 0 Å². The SMILES string of the molecule is CN1CCC(CNc2cc(N)c(C(N)=O)s2)C1. The van der Waals surface area contributed by atoms with Crippen LogP contribution in [-0.2, 0) is 0 Å². The summed E-state index contributed by atoms with van der Waals surface area (Å²) in [6.07, 6.45) is 1.22. The van der Waals surface area contributed by atoms with Crippen LogP contribution in [0, 0.1) is 5.92 Å². The summed E-state index contributed by atoms with van der Waals surface area (Å²) in [5, 5.41) is 4.25. The fourth-order valence-corrected chi connectivity index (χ4v) is 2.96. The average molecular weight is 254 g/mol. The number of nitrogens with two attached hydrogens (primary N) is 2. The molecule has 0 radical (unpaired) electrons. The summed E-state index contributed by atoms with van der Waals surface area (Å²) < 4.78 is 0. The maximum atomic E-state index is 11.1. The first-order valence-corrected chi connectivity index (χ1v) is 6.49. The molecule has 1 saturated heterocycles. The monoisotopic (exact) mass is 254 g/mol. The number of thiophene rings is 1. The van der Waals surface area contributed by atoms with Crippen LogP contribution >= 0.6 is 11.3 Å². The number of carbonyl (C=O) groups is 1. The lowest BCUT2D eigenvalue weighted by atomic mass is 10.1. The summed E-state index contributed by atoms with van der Waals surface area (Å²) in [5.41, 5.74) is 11.4. The summed E-state index contributed by atoms with van der Waals surface area (Å²) >= 11 is 1.33. The fraction of sp³-hybridized carbons (Fsp3) is 0.545. The number of carbonyl (C=O) groups excluding carboxylic acids is 1. The molecule has 17 heavy (non-hydrogen) atoms. The van der Waals surface area contributed by atoms with E-state index in [1.54, 1.807) is 6.07 Å². The Morgan fingerprint density at radius 1 is 1.71 bits per heavy atom. The van der Waals surface area contributed by atoms with Crippen LogP contribution in [0.4, 0.5) is 10.7 Å². The Labute approximate surface area is 105 Å². The van der Waals surface area contributed by atoms with Crippen molar-refractivity contribution in [3.05, 3.63) is 10.9 Å². The molecule has 1 aliphatic heterocycles. The molecular formula is C11H18N4OS. The van der Waals surface area contributed by atoms with Crippen molar-refractivity contribution in [2.24, 2.45) is 11.7 Å². The van der Waals surface area contributed by atoms with Crippen LogP contribution in [0.15, 0.2) is 6.07 Å². The van der Waals surface area contributed by atoms with Crippen molar-refractivity contribution in [3.8, 4) is 0 Å². The van der Waals surface area contributed by atoms with Gasteiger partial charge in [-0.1, -0.05) is 0 Å². The van der Waals surface area contributed by atoms with E-state index < -0.39 is 5.91 Å². The van der Waals surface area contributed by atoms with Gasteiger partial charge in [0.05, 0.1) is 10.7 Å². The van der Waals surface area contributed by atoms with E-state index in [9.17, 15) is 4.79 Å². The summed E-state index contributed by atoms with van der Waals surface area (Å²) in [5.74, 6) is 0.210. The van der Waals surface area contributed by atoms with E-state index in [-0.39, 0.29) is 0 Å². The van der Waals surface area contributed by atoms with Crippen LogP contribution < -0.4 is 16.8 Å². The molecule has 0 spiro atoms. The van der Waals surface area contributed by atoms with Crippen LogP contribution in [0.1, 0.15) is 16.1 Å². The van der Waals surface area contributed by atoms with Gasteiger partial charge in [-0.05, 0) is 32.0 Å². The normalized spacial score (nSPS) is 20.6. The van der Waals surface area contributed by atoms with E-state index in [0.717, 1.165) is 24.6 Å². The minimum Gasteiger partial charge on any atom is -0.397 e. The lowest BCUT2D eigenvalue weighted by Gasteiger charge is -2.11. The molecule has 2 heterocycles. The van der Waals surface area contributed by atoms with Gasteiger partial charge < -0.3 is 21.7 Å². The van der Waals surface area contributed by atoms with E-state index in [4.69, 9.17) is 11.5 Å². The molecular weight excluding hydrogens is 236 g/mol. The van der Waals surface area contributed by atoms with Crippen molar-refractivity contribution >= 4 is 27.9 Å². The number of nitrogens with one attached hydrogen (secondary N) is 1. The molecule has 0 bridgehead atoms. The van der Waals surface area contributed by atoms with E-state index >= 15 is 0 Å². The summed E-state index contributed by atoms with van der Waals surface area (Å²) in [7, 11) is 2.13. The van der Waals surface area contributed by atoms with Gasteiger partial charge in [-0.25, -0.2) is 0 Å². The van der Waals surface area contributed by atoms with E-state index in [0.29, 0.717) is 16.5 Å². The lowest BCUT2D eigenvalue weighted by Crippen LogP contribution is -2.18. The number of hydrogen-bond acceptors (Lipinski definition) is 5. The number of hydrogen-bond donors (Lipinski definition) is 3. The van der Waals surface area contributed by atoms with Crippen molar-refractivity contribution in [2.75, 3.05) is 37.7 Å². The topological polar surface area (TPSA) is 84.4 Å². The minimum absolute atomic E-state index is 0.441. The highest BCUT2D eigenvalue weighted by Gasteiger charge is 2.19. The Hall–Kier alpha value is -1.27. The maximum absolute atomic E-state index is 11.1. The molecule has 0 aromatic carbocycles. The molecule has 1 aromatic heterocycles. The predicted octanol–water partition coefficient (Wildman–Crippen LogP) is 0.793. The molecule has 1 aromatic rings. The average Bonchev–Trinajstić information content (AvgIpc) is 2.82. The number of amides is 1. The molecule has 1 aliphatic rings. The number of nitrogen functional groups attached to an aromatic ring is 1. The zero-order valence-corrected chi connectivity index (χ0v) is 10.7. The van der Waals surface area contributed by atoms with Gasteiger partial charge in [-0.15, -0.1) is 11.3 Å². The van der Waals surface area contributed by atoms with E-state index in [2.05, 4.69) is 17.3 Å². The molecule has 1 unspecified atom stereocenters. The van der Waals surface area contributed by atoms with Crippen LogP contribution in [-0.4, -0.2) is 37.5 Å². The minimum atomic E-state index is -0.457. The van der Waals surface area contributed by atoms with Crippen LogP contribution in [0.5, 0.6) is 0 Å². The molecule has 5 N–H and O–H groups in total. The van der Waals surface area contributed by atoms with Gasteiger partial charge in [-0.3, -0.25) is 4.79 Å². The smallest absolute Gasteiger partial charge is 0.260 e. The van der Waals surface area contributed by atoms with Crippen molar-refractivity contribution in [3.63, 3.8) is 0 Å². The number of rotatable bonds is 4. The van der Waals surface area contributed by atoms with Gasteiger partial charge in [0, 0.05) is 13.1 Å². The van der Waals surface area contributed by atoms with E-state index in [1.165, 1.54) is 17.8 Å². The molecule has 1 amide bonds. The molecule has 2 rings (SSSR count). The Morgan fingerprint density at radius 2 is 2.47 bits per heavy atom. The zero-order valence-electron chi connectivity index (χ0n) is 9.90. The summed E-state index contributed by atoms with van der Waals surface area (Å²) in [6.45, 7) is 3.20. The molecule has 1 atom stereocenters. The first-order chi connectivity index (χ1) is 8.06. The van der Waals surface area contributed by atoms with Crippen molar-refractivity contribution in [1.82, 2.24) is 4.90 Å². The largest absolute Gasteiger partial charge is 0.397 e. The second-order valence-corrected chi connectivity index (χ2v) is 5.61. The molecule has 5 nitrogen and oxygen atoms in total. The van der Waals surface area contributed by atoms with Crippen molar-refractivity contribution in [1.29, 1.82) is 0 Å². The highest BCUT2D eigenvalue weighted by Crippen LogP contribution is 2.29. The Bertz CT molecular complexity index is 418. The number of likely N-dealkylation sites (tertiary alicyclic amines) is 1. The summed E-state index contributed by atoms with van der Waals surface area (Å²) in [4.78, 5) is 13.8. The number of primary amides is 1. The second-order valence-electron chi connectivity index (χ2n) is 4.56. The van der Waals surface area contributed by atoms with Crippen molar-refractivity contribution < 1.29 is 4.79 Å². The zero-order chi connectivity index (χ0) is 12.4. The first-order valence-electron chi connectivity index (χ1n) is 5.68. The van der Waals surface area contributed by atoms with Gasteiger partial charge in [0.15, 0.2) is 0 Å². The van der Waals surface area contributed by atoms with Gasteiger partial charge in [0.25, 0.3) is 5.91 Å². The van der Waals surface area contributed by atoms with Gasteiger partial charge >= 0.3 is 0 Å². The molecule has 0 aliphatic carbocycles. The third-order valence-corrected chi connectivity index (χ3v) is 4.16. The highest BCUT2D eigenvalue weighted by molar-refractivity contribution is 7.18. The van der Waals surface area contributed by atoms with Crippen LogP contribution in [0.2, 0.25) is 0 Å². The molecule has 0 saturated carbocycles. The quantitative estimate of drug-likeness (QED) is 0.742. The van der Waals surface area contributed by atoms with Crippen molar-refractivity contribution in [2.45, 2.75) is 6.42 Å². The van der Waals surface area contributed by atoms with Gasteiger partial charge in [-0.2, -0.15) is 0 Å². The molecule has 94 valence electrons. The molecule has 6 heteroatoms. The Morgan fingerprint density at radius 3 is 3.00 bits per heavy atom. The first kappa shape index (κ1) is 12.2. The van der Waals surface area contributed by atoms with Gasteiger partial charge in [0.2, 0.25) is 0 Å². The number of anilines is 2. The Balaban J connectivity index is 1.91. The second kappa shape index (κ2) is 4.93. The van der Waals surface area contributed by atoms with Gasteiger partial charge in [0.1, 0.15) is 4.88 Å². The third-order valence-electron chi connectivity index (χ3n) is 3.04. The standard InChI is InChI=1S/C11H18N4OS/c1-15-3-2-7(6-15)5-14-9-4-8(12)10(17-9)11(13)16/h4,7,14H,2-3,5-6,12H2,1H3,(H2,13,16). The fourth-order valence-electron chi connectivity index (χ4n) is 2.12. The third kappa shape index (κ3) is 2.89. The highest BCUT2D eigenvalue weighted by atomic mass is 32.1. The van der Waals surface area contributed by atoms with E-state index in [1.807, 2.05) is 0 Å². The number of nitrogens with zero attached hydrogens (tertiary/aromatic N) is 1.